The Morgan fingerprint density at radius 3 is 2.19 bits per heavy atom. The number of hydrogen-bond donors (Lipinski definition) is 2. The number of anilines is 1. The molecule has 1 amide bonds. The Kier molecular flexibility index (Phi) is 6.16. The molecule has 0 spiro atoms. The van der Waals surface area contributed by atoms with Crippen molar-refractivity contribution in [3.63, 3.8) is 0 Å². The molecule has 4 rings (SSSR count). The molecule has 1 aliphatic rings. The first-order valence-electron chi connectivity index (χ1n) is 10.1. The van der Waals surface area contributed by atoms with Crippen molar-refractivity contribution in [2.45, 2.75) is 23.8 Å². The monoisotopic (exact) mass is 452 g/mol. The van der Waals surface area contributed by atoms with Gasteiger partial charge in [-0.15, -0.1) is 0 Å². The summed E-state index contributed by atoms with van der Waals surface area (Å²) in [5.41, 5.74) is 3.09. The van der Waals surface area contributed by atoms with E-state index in [0.717, 1.165) is 16.9 Å². The topological polar surface area (TPSA) is 93.7 Å². The zero-order valence-electron chi connectivity index (χ0n) is 17.8. The van der Waals surface area contributed by atoms with Gasteiger partial charge in [0.1, 0.15) is 11.5 Å². The van der Waals surface area contributed by atoms with Crippen LogP contribution in [-0.4, -0.2) is 28.5 Å². The number of sulfonamides is 1. The Hall–Kier alpha value is -3.36. The first kappa shape index (κ1) is 21.9. The van der Waals surface area contributed by atoms with E-state index in [1.54, 1.807) is 38.5 Å². The summed E-state index contributed by atoms with van der Waals surface area (Å²) in [5, 5.41) is 2.72. The third kappa shape index (κ3) is 4.76. The molecule has 7 nitrogen and oxygen atoms in total. The second-order valence-electron chi connectivity index (χ2n) is 7.54. The summed E-state index contributed by atoms with van der Waals surface area (Å²) in [6.07, 6.45) is 0.618. The lowest BCUT2D eigenvalue weighted by Gasteiger charge is -2.20. The van der Waals surface area contributed by atoms with Gasteiger partial charge in [0.25, 0.3) is 0 Å². The van der Waals surface area contributed by atoms with Gasteiger partial charge in [0.2, 0.25) is 15.9 Å². The van der Waals surface area contributed by atoms with Crippen LogP contribution in [-0.2, 0) is 27.7 Å². The van der Waals surface area contributed by atoms with Gasteiger partial charge in [-0.25, -0.2) is 13.1 Å². The van der Waals surface area contributed by atoms with Gasteiger partial charge in [-0.05, 0) is 65.6 Å². The molecule has 0 aliphatic carbocycles. The lowest BCUT2D eigenvalue weighted by molar-refractivity contribution is -0.115. The molecule has 0 unspecified atom stereocenters. The molecule has 0 saturated heterocycles. The highest BCUT2D eigenvalue weighted by Gasteiger charge is 2.25. The maximum atomic E-state index is 13.2. The van der Waals surface area contributed by atoms with Crippen molar-refractivity contribution in [3.8, 4) is 11.5 Å². The van der Waals surface area contributed by atoms with Crippen molar-refractivity contribution in [1.82, 2.24) is 4.72 Å². The van der Waals surface area contributed by atoms with Crippen LogP contribution in [0.1, 0.15) is 22.7 Å². The van der Waals surface area contributed by atoms with Crippen LogP contribution in [0.2, 0.25) is 0 Å². The van der Waals surface area contributed by atoms with Crippen LogP contribution in [0.4, 0.5) is 5.69 Å². The molecular formula is C24H24N2O5S. The van der Waals surface area contributed by atoms with E-state index >= 15 is 0 Å². The molecule has 1 heterocycles. The number of amides is 1. The van der Waals surface area contributed by atoms with Gasteiger partial charge in [0.05, 0.1) is 31.6 Å². The van der Waals surface area contributed by atoms with E-state index in [4.69, 9.17) is 9.47 Å². The minimum Gasteiger partial charge on any atom is -0.497 e. The summed E-state index contributed by atoms with van der Waals surface area (Å²) >= 11 is 0. The van der Waals surface area contributed by atoms with E-state index in [0.29, 0.717) is 23.4 Å². The van der Waals surface area contributed by atoms with Crippen LogP contribution < -0.4 is 19.5 Å². The number of ether oxygens (including phenoxy) is 2. The molecule has 0 fully saturated rings. The van der Waals surface area contributed by atoms with Crippen molar-refractivity contribution in [1.29, 1.82) is 0 Å². The van der Waals surface area contributed by atoms with Crippen LogP contribution >= 0.6 is 0 Å². The number of fused-ring (bicyclic) bond motifs is 1. The van der Waals surface area contributed by atoms with Gasteiger partial charge in [-0.3, -0.25) is 4.79 Å². The van der Waals surface area contributed by atoms with Crippen molar-refractivity contribution < 1.29 is 22.7 Å². The molecule has 0 bridgehead atoms. The number of hydrogen-bond acceptors (Lipinski definition) is 5. The maximum absolute atomic E-state index is 13.2. The maximum Gasteiger partial charge on any atom is 0.241 e. The first-order valence-corrected chi connectivity index (χ1v) is 11.6. The second kappa shape index (κ2) is 9.02. The molecule has 3 aromatic carbocycles. The molecule has 0 radical (unpaired) electrons. The van der Waals surface area contributed by atoms with E-state index in [1.165, 1.54) is 6.07 Å². The third-order valence-corrected chi connectivity index (χ3v) is 6.90. The quantitative estimate of drug-likeness (QED) is 0.546. The molecule has 32 heavy (non-hydrogen) atoms. The van der Waals surface area contributed by atoms with Gasteiger partial charge in [0, 0.05) is 5.69 Å². The fourth-order valence-electron chi connectivity index (χ4n) is 3.69. The Morgan fingerprint density at radius 1 is 0.938 bits per heavy atom. The normalized spacial score (nSPS) is 13.9. The van der Waals surface area contributed by atoms with Crippen molar-refractivity contribution in [3.05, 3.63) is 83.4 Å². The summed E-state index contributed by atoms with van der Waals surface area (Å²) in [7, 11) is -0.657. The van der Waals surface area contributed by atoms with Gasteiger partial charge in [-0.1, -0.05) is 24.3 Å². The van der Waals surface area contributed by atoms with E-state index in [1.807, 2.05) is 36.4 Å². The number of rotatable bonds is 8. The Balaban J connectivity index is 1.64. The number of nitrogens with one attached hydrogen (secondary N) is 2. The van der Waals surface area contributed by atoms with Crippen molar-refractivity contribution in [2.24, 2.45) is 0 Å². The minimum atomic E-state index is -3.84. The average Bonchev–Trinajstić information content (AvgIpc) is 3.18. The van der Waals surface area contributed by atoms with Crippen LogP contribution in [0.5, 0.6) is 11.5 Å². The molecule has 0 aromatic heterocycles. The van der Waals surface area contributed by atoms with Crippen LogP contribution in [0.25, 0.3) is 0 Å². The fraction of sp³-hybridized carbons (Fsp3) is 0.208. The standard InChI is InChI=1S/C24H24N2O5S/c1-30-19-7-3-16(4-8-19)13-23(17-5-9-20(31-2)10-6-17)26-32(28,29)21-11-12-22-18(14-21)15-24(27)25-22/h3-12,14,23,26H,13,15H2,1-2H3,(H,25,27)/t23-/m0/s1. The molecular weight excluding hydrogens is 428 g/mol. The number of benzene rings is 3. The van der Waals surface area contributed by atoms with Gasteiger partial charge in [-0.2, -0.15) is 0 Å². The van der Waals surface area contributed by atoms with E-state index < -0.39 is 16.1 Å². The summed E-state index contributed by atoms with van der Waals surface area (Å²) in [4.78, 5) is 11.8. The minimum absolute atomic E-state index is 0.126. The first-order chi connectivity index (χ1) is 15.4. The number of carbonyl (C=O) groups excluding carboxylic acids is 1. The zero-order valence-corrected chi connectivity index (χ0v) is 18.6. The SMILES string of the molecule is COc1ccc(C[C@H](NS(=O)(=O)c2ccc3c(c2)CC(=O)N3)c2ccc(OC)cc2)cc1. The fourth-order valence-corrected chi connectivity index (χ4v) is 4.96. The van der Waals surface area contributed by atoms with E-state index in [2.05, 4.69) is 10.0 Å². The molecule has 0 saturated carbocycles. The molecule has 8 heteroatoms. The number of methoxy groups -OCH3 is 2. The summed E-state index contributed by atoms with van der Waals surface area (Å²) in [5.74, 6) is 1.28. The molecule has 1 atom stereocenters. The third-order valence-electron chi connectivity index (χ3n) is 5.43. The summed E-state index contributed by atoms with van der Waals surface area (Å²) in [6.45, 7) is 0. The van der Waals surface area contributed by atoms with Gasteiger partial charge < -0.3 is 14.8 Å². The lowest BCUT2D eigenvalue weighted by Crippen LogP contribution is -2.30. The highest BCUT2D eigenvalue weighted by Crippen LogP contribution is 2.28. The Morgan fingerprint density at radius 2 is 1.56 bits per heavy atom. The van der Waals surface area contributed by atoms with Crippen LogP contribution in [0, 0.1) is 0 Å². The second-order valence-corrected chi connectivity index (χ2v) is 9.26. The predicted molar refractivity (Wildman–Crippen MR) is 122 cm³/mol. The van der Waals surface area contributed by atoms with Crippen LogP contribution in [0.15, 0.2) is 71.6 Å². The Labute approximate surface area is 187 Å². The van der Waals surface area contributed by atoms with Gasteiger partial charge >= 0.3 is 0 Å². The van der Waals surface area contributed by atoms with Gasteiger partial charge in [0.15, 0.2) is 0 Å². The highest BCUT2D eigenvalue weighted by atomic mass is 32.2. The average molecular weight is 453 g/mol. The number of carbonyl (C=O) groups is 1. The van der Waals surface area contributed by atoms with Crippen molar-refractivity contribution in [2.75, 3.05) is 19.5 Å². The Bertz CT molecular complexity index is 1220. The van der Waals surface area contributed by atoms with Crippen molar-refractivity contribution >= 4 is 21.6 Å². The highest BCUT2D eigenvalue weighted by molar-refractivity contribution is 7.89. The predicted octanol–water partition coefficient (Wildman–Crippen LogP) is 3.46. The zero-order chi connectivity index (χ0) is 22.7. The summed E-state index contributed by atoms with van der Waals surface area (Å²) in [6, 6.07) is 19.0. The lowest BCUT2D eigenvalue weighted by atomic mass is 9.99. The molecule has 3 aromatic rings. The van der Waals surface area contributed by atoms with E-state index in [9.17, 15) is 13.2 Å². The largest absolute Gasteiger partial charge is 0.497 e. The molecule has 2 N–H and O–H groups in total. The summed E-state index contributed by atoms with van der Waals surface area (Å²) < 4.78 is 39.8. The van der Waals surface area contributed by atoms with Crippen LogP contribution in [0.3, 0.4) is 0 Å². The molecule has 1 aliphatic heterocycles. The molecule has 166 valence electrons. The van der Waals surface area contributed by atoms with E-state index in [-0.39, 0.29) is 17.2 Å². The smallest absolute Gasteiger partial charge is 0.241 e.